The van der Waals surface area contributed by atoms with E-state index in [9.17, 15) is 13.2 Å². The number of carbonyl (C=O) groups is 1. The van der Waals surface area contributed by atoms with Crippen LogP contribution in [0.2, 0.25) is 5.02 Å². The Morgan fingerprint density at radius 2 is 2.15 bits per heavy atom. The van der Waals surface area contributed by atoms with Gasteiger partial charge in [0.25, 0.3) is 0 Å². The molecule has 0 bridgehead atoms. The highest BCUT2D eigenvalue weighted by Crippen LogP contribution is 2.33. The van der Waals surface area contributed by atoms with Crippen LogP contribution in [0.1, 0.15) is 18.4 Å². The van der Waals surface area contributed by atoms with Crippen LogP contribution in [-0.2, 0) is 14.8 Å². The molecule has 0 radical (unpaired) electrons. The SMILES string of the molecule is N#Cc1ccc(Cl)cc1S(=O)(=O)N(CC(=O)O)C1CC1. The average Bonchev–Trinajstić information content (AvgIpc) is 3.19. The molecule has 1 aliphatic rings. The molecule has 1 saturated carbocycles. The summed E-state index contributed by atoms with van der Waals surface area (Å²) >= 11 is 5.78. The third-order valence-electron chi connectivity index (χ3n) is 2.90. The molecule has 1 aromatic carbocycles. The Balaban J connectivity index is 2.50. The van der Waals surface area contributed by atoms with Crippen LogP contribution in [0.4, 0.5) is 0 Å². The predicted molar refractivity (Wildman–Crippen MR) is 70.7 cm³/mol. The molecule has 1 aliphatic carbocycles. The molecule has 0 spiro atoms. The van der Waals surface area contributed by atoms with Gasteiger partial charge in [-0.15, -0.1) is 0 Å². The van der Waals surface area contributed by atoms with Gasteiger partial charge in [0.05, 0.1) is 5.56 Å². The molecule has 106 valence electrons. The number of carboxylic acid groups (broad SMARTS) is 1. The molecule has 6 nitrogen and oxygen atoms in total. The Bertz CT molecular complexity index is 692. The summed E-state index contributed by atoms with van der Waals surface area (Å²) in [5.74, 6) is -1.24. The number of aliphatic carboxylic acids is 1. The van der Waals surface area contributed by atoms with Gasteiger partial charge in [0, 0.05) is 11.1 Å². The third-order valence-corrected chi connectivity index (χ3v) is 5.07. The van der Waals surface area contributed by atoms with Gasteiger partial charge in [-0.2, -0.15) is 9.57 Å². The number of hydrogen-bond donors (Lipinski definition) is 1. The minimum Gasteiger partial charge on any atom is -0.480 e. The Morgan fingerprint density at radius 3 is 2.65 bits per heavy atom. The van der Waals surface area contributed by atoms with Crippen molar-refractivity contribution < 1.29 is 18.3 Å². The summed E-state index contributed by atoms with van der Waals surface area (Å²) in [6, 6.07) is 5.36. The quantitative estimate of drug-likeness (QED) is 0.887. The van der Waals surface area contributed by atoms with Crippen LogP contribution in [0.15, 0.2) is 23.1 Å². The van der Waals surface area contributed by atoms with E-state index in [1.807, 2.05) is 0 Å². The average molecular weight is 315 g/mol. The molecule has 0 heterocycles. The van der Waals surface area contributed by atoms with Crippen molar-refractivity contribution in [2.75, 3.05) is 6.54 Å². The molecule has 0 atom stereocenters. The second kappa shape index (κ2) is 5.40. The summed E-state index contributed by atoms with van der Waals surface area (Å²) in [4.78, 5) is 10.6. The van der Waals surface area contributed by atoms with E-state index in [1.54, 1.807) is 6.07 Å². The van der Waals surface area contributed by atoms with Crippen LogP contribution >= 0.6 is 11.6 Å². The lowest BCUT2D eigenvalue weighted by Crippen LogP contribution is -2.37. The molecule has 0 aromatic heterocycles. The highest BCUT2D eigenvalue weighted by molar-refractivity contribution is 7.89. The molecule has 8 heteroatoms. The van der Waals surface area contributed by atoms with Crippen molar-refractivity contribution in [1.82, 2.24) is 4.31 Å². The van der Waals surface area contributed by atoms with Crippen LogP contribution in [-0.4, -0.2) is 36.4 Å². The van der Waals surface area contributed by atoms with E-state index in [4.69, 9.17) is 22.0 Å². The minimum atomic E-state index is -4.05. The van der Waals surface area contributed by atoms with Gasteiger partial charge >= 0.3 is 5.97 Å². The lowest BCUT2D eigenvalue weighted by Gasteiger charge is -2.20. The topological polar surface area (TPSA) is 98.5 Å². The van der Waals surface area contributed by atoms with E-state index >= 15 is 0 Å². The fraction of sp³-hybridized carbons (Fsp3) is 0.333. The van der Waals surface area contributed by atoms with Crippen molar-refractivity contribution >= 4 is 27.6 Å². The predicted octanol–water partition coefficient (Wildman–Crippen LogP) is 1.45. The second-order valence-corrected chi connectivity index (χ2v) is 6.72. The van der Waals surface area contributed by atoms with E-state index in [0.29, 0.717) is 12.8 Å². The highest BCUT2D eigenvalue weighted by Gasteiger charge is 2.40. The zero-order valence-electron chi connectivity index (χ0n) is 10.3. The van der Waals surface area contributed by atoms with E-state index in [0.717, 1.165) is 4.31 Å². The highest BCUT2D eigenvalue weighted by atomic mass is 35.5. The smallest absolute Gasteiger partial charge is 0.318 e. The maximum Gasteiger partial charge on any atom is 0.318 e. The van der Waals surface area contributed by atoms with Crippen molar-refractivity contribution in [1.29, 1.82) is 5.26 Å². The zero-order valence-corrected chi connectivity index (χ0v) is 11.9. The van der Waals surface area contributed by atoms with Crippen molar-refractivity contribution in [3.63, 3.8) is 0 Å². The van der Waals surface area contributed by atoms with Gasteiger partial charge in [-0.05, 0) is 31.0 Å². The van der Waals surface area contributed by atoms with Crippen molar-refractivity contribution in [3.05, 3.63) is 28.8 Å². The summed E-state index contributed by atoms with van der Waals surface area (Å²) in [5.41, 5.74) is -0.0505. The van der Waals surface area contributed by atoms with Crippen LogP contribution in [0.5, 0.6) is 0 Å². The minimum absolute atomic E-state index is 0.0505. The Kier molecular flexibility index (Phi) is 3.99. The summed E-state index contributed by atoms with van der Waals surface area (Å²) in [7, 11) is -4.05. The van der Waals surface area contributed by atoms with Crippen LogP contribution in [0.3, 0.4) is 0 Å². The first-order valence-corrected chi connectivity index (χ1v) is 7.61. The lowest BCUT2D eigenvalue weighted by atomic mass is 10.2. The first-order chi connectivity index (χ1) is 9.36. The zero-order chi connectivity index (χ0) is 14.9. The van der Waals surface area contributed by atoms with Gasteiger partial charge in [-0.3, -0.25) is 4.79 Å². The normalized spacial score (nSPS) is 15.1. The third kappa shape index (κ3) is 2.93. The van der Waals surface area contributed by atoms with Gasteiger partial charge in [0.15, 0.2) is 0 Å². The number of nitrogens with zero attached hydrogens (tertiary/aromatic N) is 2. The van der Waals surface area contributed by atoms with E-state index in [1.165, 1.54) is 18.2 Å². The number of hydrogen-bond acceptors (Lipinski definition) is 4. The fourth-order valence-corrected chi connectivity index (χ4v) is 3.88. The molecular formula is C12H11ClN2O4S. The number of sulfonamides is 1. The Labute approximate surface area is 121 Å². The molecule has 20 heavy (non-hydrogen) atoms. The number of halogens is 1. The first-order valence-electron chi connectivity index (χ1n) is 5.79. The van der Waals surface area contributed by atoms with Gasteiger partial charge in [0.2, 0.25) is 10.0 Å². The molecular weight excluding hydrogens is 304 g/mol. The molecule has 2 rings (SSSR count). The van der Waals surface area contributed by atoms with E-state index < -0.39 is 22.5 Å². The van der Waals surface area contributed by atoms with Crippen molar-refractivity contribution in [2.45, 2.75) is 23.8 Å². The van der Waals surface area contributed by atoms with E-state index in [-0.39, 0.29) is 21.5 Å². The first kappa shape index (κ1) is 14.8. The molecule has 0 aliphatic heterocycles. The molecule has 1 aromatic rings. The largest absolute Gasteiger partial charge is 0.480 e. The van der Waals surface area contributed by atoms with Gasteiger partial charge in [-0.1, -0.05) is 11.6 Å². The summed E-state index contributed by atoms with van der Waals surface area (Å²) < 4.78 is 26.0. The standard InChI is InChI=1S/C12H11ClN2O4S/c13-9-2-1-8(6-14)11(5-9)20(18,19)15(7-12(16)17)10-3-4-10/h1-2,5,10H,3-4,7H2,(H,16,17). The molecule has 0 saturated heterocycles. The Hall–Kier alpha value is -1.62. The molecule has 1 N–H and O–H groups in total. The van der Waals surface area contributed by atoms with E-state index in [2.05, 4.69) is 0 Å². The van der Waals surface area contributed by atoms with Crippen LogP contribution < -0.4 is 0 Å². The fourth-order valence-electron chi connectivity index (χ4n) is 1.83. The molecule has 0 amide bonds. The number of carboxylic acids is 1. The molecule has 0 unspecified atom stereocenters. The second-order valence-electron chi connectivity index (χ2n) is 4.43. The molecule has 1 fully saturated rings. The van der Waals surface area contributed by atoms with Crippen LogP contribution in [0.25, 0.3) is 0 Å². The number of nitriles is 1. The van der Waals surface area contributed by atoms with Crippen LogP contribution in [0, 0.1) is 11.3 Å². The summed E-state index contributed by atoms with van der Waals surface area (Å²) in [5, 5.41) is 18.0. The monoisotopic (exact) mass is 314 g/mol. The summed E-state index contributed by atoms with van der Waals surface area (Å²) in [6.07, 6.45) is 1.24. The van der Waals surface area contributed by atoms with Gasteiger partial charge < -0.3 is 5.11 Å². The van der Waals surface area contributed by atoms with Gasteiger partial charge in [0.1, 0.15) is 17.5 Å². The van der Waals surface area contributed by atoms with Crippen molar-refractivity contribution in [2.24, 2.45) is 0 Å². The number of benzene rings is 1. The maximum absolute atomic E-state index is 12.5. The maximum atomic E-state index is 12.5. The number of rotatable bonds is 5. The lowest BCUT2D eigenvalue weighted by molar-refractivity contribution is -0.137. The summed E-state index contributed by atoms with van der Waals surface area (Å²) in [6.45, 7) is -0.621. The Morgan fingerprint density at radius 1 is 1.50 bits per heavy atom. The van der Waals surface area contributed by atoms with Crippen molar-refractivity contribution in [3.8, 4) is 6.07 Å². The van der Waals surface area contributed by atoms with Gasteiger partial charge in [-0.25, -0.2) is 8.42 Å².